The molecule has 0 spiro atoms. The van der Waals surface area contributed by atoms with Crippen molar-refractivity contribution < 1.29 is 4.74 Å². The highest BCUT2D eigenvalue weighted by molar-refractivity contribution is 5.36. The summed E-state index contributed by atoms with van der Waals surface area (Å²) >= 11 is 0. The molecule has 0 bridgehead atoms. The second-order valence-electron chi connectivity index (χ2n) is 4.51. The molecule has 2 heteroatoms. The number of hydrogen-bond acceptors (Lipinski definition) is 2. The van der Waals surface area contributed by atoms with Gasteiger partial charge in [0.15, 0.2) is 0 Å². The maximum atomic E-state index is 5.26. The quantitative estimate of drug-likeness (QED) is 0.698. The fraction of sp³-hybridized carbons (Fsp3) is 0.600. The van der Waals surface area contributed by atoms with E-state index in [1.807, 2.05) is 0 Å². The Morgan fingerprint density at radius 1 is 1.18 bits per heavy atom. The van der Waals surface area contributed by atoms with Crippen LogP contribution in [-0.2, 0) is 6.42 Å². The van der Waals surface area contributed by atoms with Crippen molar-refractivity contribution in [1.82, 2.24) is 5.32 Å². The summed E-state index contributed by atoms with van der Waals surface area (Å²) < 4.78 is 5.26. The van der Waals surface area contributed by atoms with E-state index in [0.29, 0.717) is 0 Å². The number of rotatable bonds is 8. The van der Waals surface area contributed by atoms with E-state index in [1.54, 1.807) is 7.11 Å². The Labute approximate surface area is 105 Å². The molecule has 0 radical (unpaired) electrons. The molecule has 0 unspecified atom stereocenters. The standard InChI is InChI=1S/C15H25NO/c1-4-10-16-11-6-5-7-14-8-9-15(17-3)13(2)12-14/h8-9,12,16H,4-7,10-11H2,1-3H3. The SMILES string of the molecule is CCCNCCCCc1ccc(OC)c(C)c1. The van der Waals surface area contributed by atoms with E-state index in [2.05, 4.69) is 37.4 Å². The lowest BCUT2D eigenvalue weighted by Crippen LogP contribution is -2.15. The number of aryl methyl sites for hydroxylation is 2. The van der Waals surface area contributed by atoms with E-state index in [-0.39, 0.29) is 0 Å². The Morgan fingerprint density at radius 3 is 2.65 bits per heavy atom. The van der Waals surface area contributed by atoms with Crippen LogP contribution in [0.25, 0.3) is 0 Å². The Hall–Kier alpha value is -1.02. The molecule has 96 valence electrons. The number of methoxy groups -OCH3 is 1. The maximum absolute atomic E-state index is 5.26. The van der Waals surface area contributed by atoms with Crippen LogP contribution in [0.15, 0.2) is 18.2 Å². The highest BCUT2D eigenvalue weighted by Crippen LogP contribution is 2.19. The van der Waals surface area contributed by atoms with Gasteiger partial charge < -0.3 is 10.1 Å². The van der Waals surface area contributed by atoms with Crippen LogP contribution in [0.3, 0.4) is 0 Å². The zero-order valence-corrected chi connectivity index (χ0v) is 11.4. The molecule has 0 fully saturated rings. The van der Waals surface area contributed by atoms with Crippen molar-refractivity contribution in [3.8, 4) is 5.75 Å². The molecule has 0 aliphatic rings. The molecule has 0 saturated heterocycles. The van der Waals surface area contributed by atoms with Gasteiger partial charge in [-0.3, -0.25) is 0 Å². The molecule has 0 aliphatic heterocycles. The fourth-order valence-electron chi connectivity index (χ4n) is 1.98. The van der Waals surface area contributed by atoms with Crippen LogP contribution in [0.4, 0.5) is 0 Å². The Morgan fingerprint density at radius 2 is 2.00 bits per heavy atom. The maximum Gasteiger partial charge on any atom is 0.121 e. The molecule has 0 aliphatic carbocycles. The molecule has 0 amide bonds. The monoisotopic (exact) mass is 235 g/mol. The zero-order valence-electron chi connectivity index (χ0n) is 11.4. The number of nitrogens with one attached hydrogen (secondary N) is 1. The molecule has 1 N–H and O–H groups in total. The van der Waals surface area contributed by atoms with Gasteiger partial charge in [0.05, 0.1) is 7.11 Å². The predicted molar refractivity (Wildman–Crippen MR) is 73.8 cm³/mol. The molecule has 17 heavy (non-hydrogen) atoms. The number of hydrogen-bond donors (Lipinski definition) is 1. The molecule has 0 saturated carbocycles. The predicted octanol–water partition coefficient (Wildman–Crippen LogP) is 3.33. The minimum atomic E-state index is 0.985. The third-order valence-electron chi connectivity index (χ3n) is 2.96. The van der Waals surface area contributed by atoms with Crippen molar-refractivity contribution in [1.29, 1.82) is 0 Å². The Kier molecular flexibility index (Phi) is 6.71. The van der Waals surface area contributed by atoms with E-state index in [4.69, 9.17) is 4.74 Å². The summed E-state index contributed by atoms with van der Waals surface area (Å²) in [5.74, 6) is 0.985. The van der Waals surface area contributed by atoms with Crippen molar-refractivity contribution in [3.05, 3.63) is 29.3 Å². The highest BCUT2D eigenvalue weighted by Gasteiger charge is 1.99. The normalized spacial score (nSPS) is 10.5. The average Bonchev–Trinajstić information content (AvgIpc) is 2.34. The van der Waals surface area contributed by atoms with E-state index in [0.717, 1.165) is 18.8 Å². The van der Waals surface area contributed by atoms with E-state index in [1.165, 1.54) is 36.8 Å². The van der Waals surface area contributed by atoms with Gasteiger partial charge in [-0.25, -0.2) is 0 Å². The first kappa shape index (κ1) is 14.0. The van der Waals surface area contributed by atoms with Crippen LogP contribution in [-0.4, -0.2) is 20.2 Å². The van der Waals surface area contributed by atoms with Crippen LogP contribution in [0.5, 0.6) is 5.75 Å². The lowest BCUT2D eigenvalue weighted by Gasteiger charge is -2.07. The fourth-order valence-corrected chi connectivity index (χ4v) is 1.98. The van der Waals surface area contributed by atoms with Gasteiger partial charge in [0, 0.05) is 0 Å². The van der Waals surface area contributed by atoms with Crippen molar-refractivity contribution in [2.75, 3.05) is 20.2 Å². The lowest BCUT2D eigenvalue weighted by atomic mass is 10.1. The summed E-state index contributed by atoms with van der Waals surface area (Å²) in [7, 11) is 1.72. The third-order valence-corrected chi connectivity index (χ3v) is 2.96. The average molecular weight is 235 g/mol. The number of benzene rings is 1. The van der Waals surface area contributed by atoms with Crippen LogP contribution in [0.2, 0.25) is 0 Å². The molecule has 0 atom stereocenters. The van der Waals surface area contributed by atoms with E-state index >= 15 is 0 Å². The lowest BCUT2D eigenvalue weighted by molar-refractivity contribution is 0.411. The summed E-state index contributed by atoms with van der Waals surface area (Å²) in [6.45, 7) is 6.59. The van der Waals surface area contributed by atoms with E-state index < -0.39 is 0 Å². The molecule has 0 heterocycles. The molecular weight excluding hydrogens is 210 g/mol. The first-order valence-electron chi connectivity index (χ1n) is 6.62. The molecule has 1 aromatic rings. The van der Waals surface area contributed by atoms with Gasteiger partial charge in [0.2, 0.25) is 0 Å². The Bertz CT molecular complexity index is 323. The van der Waals surface area contributed by atoms with Crippen molar-refractivity contribution in [3.63, 3.8) is 0 Å². The first-order chi connectivity index (χ1) is 8.27. The second kappa shape index (κ2) is 8.13. The second-order valence-corrected chi connectivity index (χ2v) is 4.51. The van der Waals surface area contributed by atoms with Crippen molar-refractivity contribution >= 4 is 0 Å². The largest absolute Gasteiger partial charge is 0.496 e. The van der Waals surface area contributed by atoms with Crippen LogP contribution < -0.4 is 10.1 Å². The smallest absolute Gasteiger partial charge is 0.121 e. The minimum absolute atomic E-state index is 0.985. The third kappa shape index (κ3) is 5.22. The summed E-state index contributed by atoms with van der Waals surface area (Å²) in [6, 6.07) is 6.48. The van der Waals surface area contributed by atoms with Gasteiger partial charge in [-0.1, -0.05) is 19.1 Å². The summed E-state index contributed by atoms with van der Waals surface area (Å²) in [4.78, 5) is 0. The van der Waals surface area contributed by atoms with E-state index in [9.17, 15) is 0 Å². The molecule has 1 aromatic carbocycles. The van der Waals surface area contributed by atoms with Gasteiger partial charge in [0.25, 0.3) is 0 Å². The van der Waals surface area contributed by atoms with Gasteiger partial charge in [-0.15, -0.1) is 0 Å². The summed E-state index contributed by atoms with van der Waals surface area (Å²) in [5.41, 5.74) is 2.65. The van der Waals surface area contributed by atoms with Gasteiger partial charge in [0.1, 0.15) is 5.75 Å². The molecular formula is C15H25NO. The Balaban J connectivity index is 2.25. The minimum Gasteiger partial charge on any atom is -0.496 e. The highest BCUT2D eigenvalue weighted by atomic mass is 16.5. The molecule has 1 rings (SSSR count). The zero-order chi connectivity index (χ0) is 12.5. The van der Waals surface area contributed by atoms with Crippen molar-refractivity contribution in [2.24, 2.45) is 0 Å². The van der Waals surface area contributed by atoms with Crippen LogP contribution in [0.1, 0.15) is 37.3 Å². The number of unbranched alkanes of at least 4 members (excludes halogenated alkanes) is 1. The van der Waals surface area contributed by atoms with Gasteiger partial charge >= 0.3 is 0 Å². The molecule has 2 nitrogen and oxygen atoms in total. The van der Waals surface area contributed by atoms with Crippen LogP contribution in [0, 0.1) is 6.92 Å². The topological polar surface area (TPSA) is 21.3 Å². The van der Waals surface area contributed by atoms with Gasteiger partial charge in [-0.05, 0) is 62.9 Å². The molecule has 0 aromatic heterocycles. The van der Waals surface area contributed by atoms with Crippen LogP contribution >= 0.6 is 0 Å². The van der Waals surface area contributed by atoms with Crippen molar-refractivity contribution in [2.45, 2.75) is 39.5 Å². The summed E-state index contributed by atoms with van der Waals surface area (Å²) in [6.07, 6.45) is 4.89. The summed E-state index contributed by atoms with van der Waals surface area (Å²) in [5, 5.41) is 3.43. The van der Waals surface area contributed by atoms with Gasteiger partial charge in [-0.2, -0.15) is 0 Å². The number of ether oxygens (including phenoxy) is 1. The first-order valence-corrected chi connectivity index (χ1v) is 6.62.